The molecule has 3 heteroatoms. The number of hydrogen-bond acceptors (Lipinski definition) is 3. The van der Waals surface area contributed by atoms with Crippen molar-refractivity contribution in [1.29, 1.82) is 0 Å². The Balaban J connectivity index is 1.24. The molecule has 2 heterocycles. The zero-order valence-corrected chi connectivity index (χ0v) is 26.2. The highest BCUT2D eigenvalue weighted by molar-refractivity contribution is 7.25. The van der Waals surface area contributed by atoms with E-state index in [0.29, 0.717) is 0 Å². The van der Waals surface area contributed by atoms with Gasteiger partial charge in [0, 0.05) is 42.3 Å². The quantitative estimate of drug-likeness (QED) is 0.195. The van der Waals surface area contributed by atoms with Crippen LogP contribution in [0.2, 0.25) is 0 Å². The van der Waals surface area contributed by atoms with Gasteiger partial charge in [-0.15, -0.1) is 11.3 Å². The van der Waals surface area contributed by atoms with Gasteiger partial charge in [-0.05, 0) is 87.9 Å². The highest BCUT2D eigenvalue weighted by Crippen LogP contribution is 2.46. The molecule has 0 N–H and O–H groups in total. The van der Waals surface area contributed by atoms with Gasteiger partial charge in [0.05, 0.1) is 11.1 Å². The molecule has 0 radical (unpaired) electrons. The smallest absolute Gasteiger partial charge is 0.143 e. The Morgan fingerprint density at radius 3 is 2.09 bits per heavy atom. The van der Waals surface area contributed by atoms with E-state index in [1.807, 2.05) is 11.3 Å². The Morgan fingerprint density at radius 2 is 1.15 bits per heavy atom. The van der Waals surface area contributed by atoms with Gasteiger partial charge in [-0.3, -0.25) is 0 Å². The predicted octanol–water partition coefficient (Wildman–Crippen LogP) is 13.4. The van der Waals surface area contributed by atoms with Gasteiger partial charge >= 0.3 is 0 Å². The van der Waals surface area contributed by atoms with E-state index in [1.165, 1.54) is 47.5 Å². The van der Waals surface area contributed by atoms with Crippen LogP contribution in [0.25, 0.3) is 74.8 Å². The summed E-state index contributed by atoms with van der Waals surface area (Å²) in [5, 5.41) is 9.58. The van der Waals surface area contributed by atoms with Gasteiger partial charge in [0.2, 0.25) is 0 Å². The van der Waals surface area contributed by atoms with Gasteiger partial charge in [0.1, 0.15) is 11.2 Å². The average molecular weight is 618 g/mol. The molecule has 10 aromatic rings. The molecule has 220 valence electrons. The number of furan rings is 1. The first-order chi connectivity index (χ1) is 23.3. The Labute approximate surface area is 275 Å². The molecule has 0 spiro atoms. The molecule has 0 saturated carbocycles. The number of rotatable bonds is 4. The molecule has 0 aliphatic heterocycles. The minimum Gasteiger partial charge on any atom is -0.455 e. The summed E-state index contributed by atoms with van der Waals surface area (Å²) in [5.74, 6) is 0. The highest BCUT2D eigenvalue weighted by Gasteiger charge is 2.21. The van der Waals surface area contributed by atoms with Crippen molar-refractivity contribution in [3.8, 4) is 11.1 Å². The average Bonchev–Trinajstić information content (AvgIpc) is 3.71. The molecule has 0 fully saturated rings. The molecule has 0 saturated heterocycles. The van der Waals surface area contributed by atoms with Crippen molar-refractivity contribution in [1.82, 2.24) is 0 Å². The van der Waals surface area contributed by atoms with Crippen molar-refractivity contribution in [2.75, 3.05) is 4.90 Å². The monoisotopic (exact) mass is 617 g/mol. The Hall–Kier alpha value is -5.90. The number of hydrogen-bond donors (Lipinski definition) is 0. The van der Waals surface area contributed by atoms with E-state index in [-0.39, 0.29) is 0 Å². The maximum Gasteiger partial charge on any atom is 0.143 e. The first-order valence-electron chi connectivity index (χ1n) is 15.9. The Morgan fingerprint density at radius 1 is 0.426 bits per heavy atom. The maximum absolute atomic E-state index is 6.65. The van der Waals surface area contributed by atoms with Gasteiger partial charge in [-0.2, -0.15) is 0 Å². The number of thiophene rings is 1. The lowest BCUT2D eigenvalue weighted by atomic mass is 10.00. The van der Waals surface area contributed by atoms with Crippen molar-refractivity contribution in [2.45, 2.75) is 0 Å². The minimum absolute atomic E-state index is 0.881. The van der Waals surface area contributed by atoms with Crippen LogP contribution in [0, 0.1) is 0 Å². The van der Waals surface area contributed by atoms with Crippen molar-refractivity contribution >= 4 is 92.1 Å². The van der Waals surface area contributed by atoms with E-state index < -0.39 is 0 Å². The standard InChI is InChI=1S/C44H27NOS/c1-2-11-30-25-32(20-19-28(30)9-1)31-12-7-13-33(26-31)45(34-22-24-42-38(27-34)36-15-5-6-18-41(36)47-42)39-16-8-17-40-43(39)37-23-21-29-10-3-4-14-35(29)44(37)46-40/h1-27H. The van der Waals surface area contributed by atoms with Crippen LogP contribution in [0.4, 0.5) is 17.1 Å². The lowest BCUT2D eigenvalue weighted by molar-refractivity contribution is 0.672. The van der Waals surface area contributed by atoms with E-state index in [9.17, 15) is 0 Å². The molecule has 10 rings (SSSR count). The van der Waals surface area contributed by atoms with Gasteiger partial charge in [-0.1, -0.05) is 103 Å². The van der Waals surface area contributed by atoms with E-state index >= 15 is 0 Å². The molecule has 8 aromatic carbocycles. The molecule has 0 amide bonds. The van der Waals surface area contributed by atoms with Gasteiger partial charge in [0.15, 0.2) is 0 Å². The third-order valence-corrected chi connectivity index (χ3v) is 10.6. The van der Waals surface area contributed by atoms with E-state index in [1.54, 1.807) is 0 Å². The number of fused-ring (bicyclic) bond motifs is 9. The van der Waals surface area contributed by atoms with Gasteiger partial charge in [-0.25, -0.2) is 0 Å². The number of nitrogens with zero attached hydrogens (tertiary/aromatic N) is 1. The van der Waals surface area contributed by atoms with Crippen LogP contribution in [-0.4, -0.2) is 0 Å². The summed E-state index contributed by atoms with van der Waals surface area (Å²) in [4.78, 5) is 2.41. The van der Waals surface area contributed by atoms with E-state index in [2.05, 4.69) is 169 Å². The topological polar surface area (TPSA) is 16.4 Å². The molecule has 0 aliphatic rings. The minimum atomic E-state index is 0.881. The fraction of sp³-hybridized carbons (Fsp3) is 0. The highest BCUT2D eigenvalue weighted by atomic mass is 32.1. The fourth-order valence-electron chi connectivity index (χ4n) is 7.20. The maximum atomic E-state index is 6.65. The summed E-state index contributed by atoms with van der Waals surface area (Å²) in [6, 6.07) is 59.1. The van der Waals surface area contributed by atoms with Crippen molar-refractivity contribution < 1.29 is 4.42 Å². The third-order valence-electron chi connectivity index (χ3n) is 9.41. The third kappa shape index (κ3) is 4.17. The van der Waals surface area contributed by atoms with Gasteiger partial charge < -0.3 is 9.32 Å². The van der Waals surface area contributed by atoms with Crippen LogP contribution < -0.4 is 4.90 Å². The van der Waals surface area contributed by atoms with E-state index in [0.717, 1.165) is 44.4 Å². The van der Waals surface area contributed by atoms with Crippen LogP contribution in [0.15, 0.2) is 168 Å². The first kappa shape index (κ1) is 26.3. The Bertz CT molecular complexity index is 2820. The summed E-state index contributed by atoms with van der Waals surface area (Å²) in [6.45, 7) is 0. The van der Waals surface area contributed by atoms with Crippen molar-refractivity contribution in [2.24, 2.45) is 0 Å². The summed E-state index contributed by atoms with van der Waals surface area (Å²) >= 11 is 1.85. The summed E-state index contributed by atoms with van der Waals surface area (Å²) in [5.41, 5.74) is 7.47. The van der Waals surface area contributed by atoms with Crippen LogP contribution in [0.3, 0.4) is 0 Å². The van der Waals surface area contributed by atoms with Crippen LogP contribution in [0.1, 0.15) is 0 Å². The molecule has 2 nitrogen and oxygen atoms in total. The van der Waals surface area contributed by atoms with Crippen LogP contribution in [0.5, 0.6) is 0 Å². The summed E-state index contributed by atoms with van der Waals surface area (Å²) < 4.78 is 9.25. The molecule has 0 bridgehead atoms. The number of benzene rings is 8. The lowest BCUT2D eigenvalue weighted by Gasteiger charge is -2.27. The molecule has 0 atom stereocenters. The second-order valence-corrected chi connectivity index (χ2v) is 13.2. The lowest BCUT2D eigenvalue weighted by Crippen LogP contribution is -2.10. The fourth-order valence-corrected chi connectivity index (χ4v) is 8.28. The van der Waals surface area contributed by atoms with Crippen molar-refractivity contribution in [3.05, 3.63) is 164 Å². The van der Waals surface area contributed by atoms with E-state index in [4.69, 9.17) is 4.42 Å². The second kappa shape index (κ2) is 10.3. The summed E-state index contributed by atoms with van der Waals surface area (Å²) in [7, 11) is 0. The Kier molecular flexibility index (Phi) is 5.78. The zero-order valence-electron chi connectivity index (χ0n) is 25.4. The van der Waals surface area contributed by atoms with Crippen molar-refractivity contribution in [3.63, 3.8) is 0 Å². The largest absolute Gasteiger partial charge is 0.455 e. The molecular formula is C44H27NOS. The molecular weight excluding hydrogens is 591 g/mol. The summed E-state index contributed by atoms with van der Waals surface area (Å²) in [6.07, 6.45) is 0. The first-order valence-corrected chi connectivity index (χ1v) is 16.7. The molecule has 47 heavy (non-hydrogen) atoms. The molecule has 2 aromatic heterocycles. The SMILES string of the molecule is c1cc(-c2ccc3ccccc3c2)cc(N(c2ccc3sc4ccccc4c3c2)c2cccc3oc4c5ccccc5ccc4c23)c1. The number of anilines is 3. The van der Waals surface area contributed by atoms with Gasteiger partial charge in [0.25, 0.3) is 0 Å². The molecule has 0 unspecified atom stereocenters. The normalized spacial score (nSPS) is 11.8. The van der Waals surface area contributed by atoms with Crippen LogP contribution >= 0.6 is 11.3 Å². The van der Waals surface area contributed by atoms with Crippen LogP contribution in [-0.2, 0) is 0 Å². The molecule has 0 aliphatic carbocycles. The zero-order chi connectivity index (χ0) is 30.9. The predicted molar refractivity (Wildman–Crippen MR) is 202 cm³/mol. The second-order valence-electron chi connectivity index (χ2n) is 12.1.